The highest BCUT2D eigenvalue weighted by molar-refractivity contribution is 6.34. The average molecular weight is 331 g/mol. The fourth-order valence-corrected chi connectivity index (χ4v) is 3.60. The maximum atomic E-state index is 10.4. The summed E-state index contributed by atoms with van der Waals surface area (Å²) in [5.41, 5.74) is 0.709. The molecule has 1 aromatic rings. The monoisotopic (exact) mass is 330 g/mol. The van der Waals surface area contributed by atoms with Crippen molar-refractivity contribution >= 4 is 23.2 Å². The minimum Gasteiger partial charge on any atom is -0.492 e. The highest BCUT2D eigenvalue weighted by Gasteiger charge is 2.19. The number of benzene rings is 1. The van der Waals surface area contributed by atoms with Crippen molar-refractivity contribution < 1.29 is 9.84 Å². The van der Waals surface area contributed by atoms with Crippen LogP contribution < -0.4 is 4.74 Å². The van der Waals surface area contributed by atoms with Gasteiger partial charge < -0.3 is 9.84 Å². The summed E-state index contributed by atoms with van der Waals surface area (Å²) in [7, 11) is 0. The van der Waals surface area contributed by atoms with Gasteiger partial charge in [-0.3, -0.25) is 0 Å². The van der Waals surface area contributed by atoms with Crippen LogP contribution in [0.1, 0.15) is 63.5 Å². The molecule has 118 valence electrons. The van der Waals surface area contributed by atoms with E-state index in [1.54, 1.807) is 12.1 Å². The van der Waals surface area contributed by atoms with Gasteiger partial charge in [-0.2, -0.15) is 0 Å². The molecule has 21 heavy (non-hydrogen) atoms. The third-order valence-corrected chi connectivity index (χ3v) is 4.91. The fourth-order valence-electron chi connectivity index (χ4n) is 3.09. The molecule has 1 aliphatic carbocycles. The molecule has 1 N–H and O–H groups in total. The van der Waals surface area contributed by atoms with Crippen molar-refractivity contribution in [1.29, 1.82) is 0 Å². The Labute approximate surface area is 137 Å². The van der Waals surface area contributed by atoms with Gasteiger partial charge in [-0.15, -0.1) is 0 Å². The summed E-state index contributed by atoms with van der Waals surface area (Å²) in [5, 5.41) is 11.4. The van der Waals surface area contributed by atoms with Crippen LogP contribution in [0.3, 0.4) is 0 Å². The van der Waals surface area contributed by atoms with E-state index >= 15 is 0 Å². The first kappa shape index (κ1) is 16.9. The molecule has 1 aliphatic rings. The zero-order valence-electron chi connectivity index (χ0n) is 12.6. The van der Waals surface area contributed by atoms with Crippen LogP contribution in [0.15, 0.2) is 12.1 Å². The molecule has 1 aromatic carbocycles. The molecule has 0 bridgehead atoms. The molecular weight excluding hydrogens is 307 g/mol. The van der Waals surface area contributed by atoms with E-state index < -0.39 is 6.10 Å². The lowest BCUT2D eigenvalue weighted by molar-refractivity contribution is 0.151. The van der Waals surface area contributed by atoms with Gasteiger partial charge in [0.15, 0.2) is 0 Å². The maximum Gasteiger partial charge on any atom is 0.139 e. The smallest absolute Gasteiger partial charge is 0.139 e. The molecule has 1 fully saturated rings. The Morgan fingerprint density at radius 3 is 2.57 bits per heavy atom. The third-order valence-electron chi connectivity index (χ3n) is 4.28. The van der Waals surface area contributed by atoms with Crippen LogP contribution in [0.2, 0.25) is 10.0 Å². The Morgan fingerprint density at radius 1 is 1.19 bits per heavy atom. The standard InChI is InChI=1S/C17H24Cl2O2/c1-2-21-17-11-14(18)13(10-15(17)19)16(20)9-8-12-6-4-3-5-7-12/h10-12,16,20H,2-9H2,1H3. The second-order valence-corrected chi connectivity index (χ2v) is 6.65. The van der Waals surface area contributed by atoms with Gasteiger partial charge in [0, 0.05) is 11.6 Å². The normalized spacial score (nSPS) is 17.7. The Bertz CT molecular complexity index is 456. The predicted octanol–water partition coefficient (Wildman–Crippen LogP) is 5.79. The molecule has 0 spiro atoms. The summed E-state index contributed by atoms with van der Waals surface area (Å²) < 4.78 is 5.41. The summed E-state index contributed by atoms with van der Waals surface area (Å²) in [6.45, 7) is 2.44. The van der Waals surface area contributed by atoms with Gasteiger partial charge in [0.2, 0.25) is 0 Å². The molecule has 1 unspecified atom stereocenters. The highest BCUT2D eigenvalue weighted by atomic mass is 35.5. The van der Waals surface area contributed by atoms with E-state index in [1.165, 1.54) is 32.1 Å². The van der Waals surface area contributed by atoms with E-state index in [0.717, 1.165) is 18.8 Å². The van der Waals surface area contributed by atoms with Crippen molar-refractivity contribution in [1.82, 2.24) is 0 Å². The molecule has 4 heteroatoms. The van der Waals surface area contributed by atoms with E-state index in [-0.39, 0.29) is 0 Å². The molecule has 1 saturated carbocycles. The van der Waals surface area contributed by atoms with Gasteiger partial charge in [0.25, 0.3) is 0 Å². The molecule has 2 rings (SSSR count). The lowest BCUT2D eigenvalue weighted by Crippen LogP contribution is -2.09. The van der Waals surface area contributed by atoms with Crippen molar-refractivity contribution in [3.05, 3.63) is 27.7 Å². The topological polar surface area (TPSA) is 29.5 Å². The van der Waals surface area contributed by atoms with Crippen LogP contribution in [0.25, 0.3) is 0 Å². The lowest BCUT2D eigenvalue weighted by atomic mass is 9.85. The molecule has 0 saturated heterocycles. The van der Waals surface area contributed by atoms with Gasteiger partial charge in [-0.05, 0) is 31.7 Å². The Kier molecular flexibility index (Phi) is 6.66. The van der Waals surface area contributed by atoms with Crippen LogP contribution in [0.5, 0.6) is 5.75 Å². The van der Waals surface area contributed by atoms with Gasteiger partial charge in [-0.1, -0.05) is 55.3 Å². The van der Waals surface area contributed by atoms with E-state index in [4.69, 9.17) is 27.9 Å². The van der Waals surface area contributed by atoms with E-state index in [0.29, 0.717) is 28.0 Å². The zero-order chi connectivity index (χ0) is 15.2. The second-order valence-electron chi connectivity index (χ2n) is 5.83. The van der Waals surface area contributed by atoms with Crippen LogP contribution in [-0.2, 0) is 0 Å². The van der Waals surface area contributed by atoms with Crippen LogP contribution in [-0.4, -0.2) is 11.7 Å². The first-order valence-electron chi connectivity index (χ1n) is 7.91. The number of rotatable bonds is 6. The second kappa shape index (κ2) is 8.26. The first-order chi connectivity index (χ1) is 10.1. The molecular formula is C17H24Cl2O2. The van der Waals surface area contributed by atoms with Crippen molar-refractivity contribution in [2.75, 3.05) is 6.61 Å². The Hall–Kier alpha value is -0.440. The summed E-state index contributed by atoms with van der Waals surface area (Å²) >= 11 is 12.4. The molecule has 2 nitrogen and oxygen atoms in total. The number of aliphatic hydroxyl groups is 1. The van der Waals surface area contributed by atoms with E-state index in [2.05, 4.69) is 0 Å². The number of hydrogen-bond acceptors (Lipinski definition) is 2. The maximum absolute atomic E-state index is 10.4. The summed E-state index contributed by atoms with van der Waals surface area (Å²) in [6.07, 6.45) is 7.87. The average Bonchev–Trinajstić information content (AvgIpc) is 2.49. The lowest BCUT2D eigenvalue weighted by Gasteiger charge is -2.23. The predicted molar refractivity (Wildman–Crippen MR) is 88.4 cm³/mol. The number of aliphatic hydroxyl groups excluding tert-OH is 1. The van der Waals surface area contributed by atoms with Crippen LogP contribution >= 0.6 is 23.2 Å². The highest BCUT2D eigenvalue weighted by Crippen LogP contribution is 2.37. The molecule has 0 amide bonds. The van der Waals surface area contributed by atoms with Gasteiger partial charge in [-0.25, -0.2) is 0 Å². The third kappa shape index (κ3) is 4.77. The van der Waals surface area contributed by atoms with Crippen molar-refractivity contribution in [3.63, 3.8) is 0 Å². The van der Waals surface area contributed by atoms with Crippen LogP contribution in [0, 0.1) is 5.92 Å². The van der Waals surface area contributed by atoms with Crippen LogP contribution in [0.4, 0.5) is 0 Å². The van der Waals surface area contributed by atoms with Crippen molar-refractivity contribution in [3.8, 4) is 5.75 Å². The van der Waals surface area contributed by atoms with E-state index in [1.807, 2.05) is 6.92 Å². The molecule has 0 heterocycles. The molecule has 0 radical (unpaired) electrons. The Balaban J connectivity index is 1.97. The molecule has 0 aromatic heterocycles. The fraction of sp³-hybridized carbons (Fsp3) is 0.647. The number of halogens is 2. The van der Waals surface area contributed by atoms with Gasteiger partial charge in [0.1, 0.15) is 5.75 Å². The first-order valence-corrected chi connectivity index (χ1v) is 8.67. The van der Waals surface area contributed by atoms with Crippen molar-refractivity contribution in [2.45, 2.75) is 58.0 Å². The van der Waals surface area contributed by atoms with Gasteiger partial charge in [0.05, 0.1) is 22.8 Å². The summed E-state index contributed by atoms with van der Waals surface area (Å²) in [6, 6.07) is 3.44. The minimum atomic E-state index is -0.549. The largest absolute Gasteiger partial charge is 0.492 e. The van der Waals surface area contributed by atoms with E-state index in [9.17, 15) is 5.11 Å². The number of ether oxygens (including phenoxy) is 1. The zero-order valence-corrected chi connectivity index (χ0v) is 14.1. The number of hydrogen-bond donors (Lipinski definition) is 1. The van der Waals surface area contributed by atoms with Crippen molar-refractivity contribution in [2.24, 2.45) is 5.92 Å². The quantitative estimate of drug-likeness (QED) is 0.715. The summed E-state index contributed by atoms with van der Waals surface area (Å²) in [5.74, 6) is 1.33. The minimum absolute atomic E-state index is 0.507. The molecule has 0 aliphatic heterocycles. The van der Waals surface area contributed by atoms with Gasteiger partial charge >= 0.3 is 0 Å². The Morgan fingerprint density at radius 2 is 1.90 bits per heavy atom. The molecule has 1 atom stereocenters. The SMILES string of the molecule is CCOc1cc(Cl)c(C(O)CCC2CCCCC2)cc1Cl. The summed E-state index contributed by atoms with van der Waals surface area (Å²) in [4.78, 5) is 0.